The van der Waals surface area contributed by atoms with Crippen LogP contribution in [0.3, 0.4) is 0 Å². The molecule has 0 bridgehead atoms. The lowest BCUT2D eigenvalue weighted by Gasteiger charge is -2.05. The topological polar surface area (TPSA) is 58.3 Å². The Balaban J connectivity index is 1.92. The molecule has 1 aromatic heterocycles. The summed E-state index contributed by atoms with van der Waals surface area (Å²) < 4.78 is 31.6. The Morgan fingerprint density at radius 3 is 2.53 bits per heavy atom. The highest BCUT2D eigenvalue weighted by Gasteiger charge is 2.09. The Hall–Kier alpha value is -1.95. The van der Waals surface area contributed by atoms with E-state index in [1.165, 1.54) is 0 Å². The van der Waals surface area contributed by atoms with E-state index in [2.05, 4.69) is 10.3 Å². The first-order chi connectivity index (χ1) is 9.10. The molecule has 0 amide bonds. The van der Waals surface area contributed by atoms with E-state index in [9.17, 15) is 8.78 Å². The van der Waals surface area contributed by atoms with Crippen molar-refractivity contribution in [3.8, 4) is 5.75 Å². The van der Waals surface area contributed by atoms with E-state index in [0.717, 1.165) is 24.3 Å². The number of aromatic nitrogens is 1. The second-order valence-corrected chi connectivity index (χ2v) is 4.09. The normalized spacial score (nSPS) is 10.9. The third-order valence-corrected chi connectivity index (χ3v) is 2.63. The fraction of sp³-hybridized carbons (Fsp3) is 0.308. The Labute approximate surface area is 109 Å². The summed E-state index contributed by atoms with van der Waals surface area (Å²) in [5.74, 6) is -1.58. The van der Waals surface area contributed by atoms with Gasteiger partial charge in [0, 0.05) is 13.0 Å². The van der Waals surface area contributed by atoms with Crippen molar-refractivity contribution in [3.05, 3.63) is 47.2 Å². The van der Waals surface area contributed by atoms with Gasteiger partial charge in [-0.15, -0.1) is 0 Å². The third kappa shape index (κ3) is 3.29. The van der Waals surface area contributed by atoms with Crippen LogP contribution in [0.15, 0.2) is 22.7 Å². The molecule has 0 fully saturated rings. The van der Waals surface area contributed by atoms with Gasteiger partial charge in [0.25, 0.3) is 0 Å². The number of benzene rings is 1. The zero-order valence-corrected chi connectivity index (χ0v) is 10.4. The van der Waals surface area contributed by atoms with Crippen LogP contribution in [-0.4, -0.2) is 10.1 Å². The predicted molar refractivity (Wildman–Crippen MR) is 64.4 cm³/mol. The van der Waals surface area contributed by atoms with Crippen LogP contribution in [0.25, 0.3) is 0 Å². The molecular formula is C13H14F2N2O2. The first kappa shape index (κ1) is 13.5. The van der Waals surface area contributed by atoms with E-state index in [0.29, 0.717) is 18.0 Å². The summed E-state index contributed by atoms with van der Waals surface area (Å²) in [4.78, 5) is 4.05. The van der Waals surface area contributed by atoms with Crippen molar-refractivity contribution in [2.75, 3.05) is 0 Å². The van der Waals surface area contributed by atoms with Gasteiger partial charge in [0.2, 0.25) is 5.89 Å². The Morgan fingerprint density at radius 1 is 1.26 bits per heavy atom. The monoisotopic (exact) mass is 268 g/mol. The maximum atomic E-state index is 13.1. The highest BCUT2D eigenvalue weighted by Crippen LogP contribution is 2.21. The van der Waals surface area contributed by atoms with Crippen LogP contribution in [0.1, 0.15) is 24.1 Å². The molecule has 6 heteroatoms. The fourth-order valence-corrected chi connectivity index (χ4v) is 1.63. The molecule has 2 aromatic rings. The quantitative estimate of drug-likeness (QED) is 0.874. The Morgan fingerprint density at radius 2 is 1.95 bits per heavy atom. The van der Waals surface area contributed by atoms with Crippen molar-refractivity contribution >= 4 is 0 Å². The van der Waals surface area contributed by atoms with E-state index in [-0.39, 0.29) is 6.54 Å². The fourth-order valence-electron chi connectivity index (χ4n) is 1.63. The van der Waals surface area contributed by atoms with Crippen LogP contribution >= 0.6 is 0 Å². The van der Waals surface area contributed by atoms with Crippen molar-refractivity contribution in [2.45, 2.75) is 26.4 Å². The molecule has 102 valence electrons. The van der Waals surface area contributed by atoms with E-state index < -0.39 is 17.4 Å². The molecule has 0 aliphatic rings. The maximum Gasteiger partial charge on any atom is 0.208 e. The first-order valence-electron chi connectivity index (χ1n) is 5.91. The lowest BCUT2D eigenvalue weighted by molar-refractivity contribution is 0.394. The highest BCUT2D eigenvalue weighted by atomic mass is 19.1. The minimum Gasteiger partial charge on any atom is -0.503 e. The standard InChI is InChI=1S/C13H14F2N2O2/c1-2-9-6-17-12(19-9)7-16-5-8-3-10(14)13(18)11(15)4-8/h3-4,6,16,18H,2,5,7H2,1H3. The van der Waals surface area contributed by atoms with Gasteiger partial charge in [-0.3, -0.25) is 0 Å². The number of rotatable bonds is 5. The molecule has 0 radical (unpaired) electrons. The molecule has 0 aliphatic carbocycles. The second-order valence-electron chi connectivity index (χ2n) is 4.09. The van der Waals surface area contributed by atoms with Gasteiger partial charge in [-0.1, -0.05) is 6.92 Å². The molecule has 2 rings (SSSR count). The summed E-state index contributed by atoms with van der Waals surface area (Å²) in [5, 5.41) is 11.9. The minimum atomic E-state index is -0.971. The average molecular weight is 268 g/mol. The lowest BCUT2D eigenvalue weighted by Crippen LogP contribution is -2.13. The zero-order chi connectivity index (χ0) is 13.8. The number of hydrogen-bond acceptors (Lipinski definition) is 4. The number of phenolic OH excluding ortho intramolecular Hbond substituents is 1. The van der Waals surface area contributed by atoms with Crippen LogP contribution in [0, 0.1) is 11.6 Å². The van der Waals surface area contributed by atoms with Crippen molar-refractivity contribution < 1.29 is 18.3 Å². The van der Waals surface area contributed by atoms with Gasteiger partial charge in [0.1, 0.15) is 5.76 Å². The van der Waals surface area contributed by atoms with Crippen LogP contribution in [0.5, 0.6) is 5.75 Å². The van der Waals surface area contributed by atoms with E-state index >= 15 is 0 Å². The van der Waals surface area contributed by atoms with Crippen molar-refractivity contribution in [3.63, 3.8) is 0 Å². The summed E-state index contributed by atoms with van der Waals surface area (Å²) >= 11 is 0. The summed E-state index contributed by atoms with van der Waals surface area (Å²) in [6.07, 6.45) is 2.41. The number of phenols is 1. The van der Waals surface area contributed by atoms with Gasteiger partial charge in [0.05, 0.1) is 12.7 Å². The number of aromatic hydroxyl groups is 1. The molecule has 4 nitrogen and oxygen atoms in total. The highest BCUT2D eigenvalue weighted by molar-refractivity contribution is 5.29. The molecule has 0 unspecified atom stereocenters. The smallest absolute Gasteiger partial charge is 0.208 e. The zero-order valence-electron chi connectivity index (χ0n) is 10.4. The molecule has 0 saturated heterocycles. The van der Waals surface area contributed by atoms with Gasteiger partial charge in [0.15, 0.2) is 17.4 Å². The number of aryl methyl sites for hydroxylation is 1. The van der Waals surface area contributed by atoms with Gasteiger partial charge in [-0.25, -0.2) is 13.8 Å². The Bertz CT molecular complexity index is 547. The summed E-state index contributed by atoms with van der Waals surface area (Å²) in [6, 6.07) is 2.16. The molecule has 2 N–H and O–H groups in total. The number of hydrogen-bond donors (Lipinski definition) is 2. The number of nitrogens with zero attached hydrogens (tertiary/aromatic N) is 1. The summed E-state index contributed by atoms with van der Waals surface area (Å²) in [5.41, 5.74) is 0.398. The molecule has 0 aliphatic heterocycles. The number of nitrogens with one attached hydrogen (secondary N) is 1. The average Bonchev–Trinajstić information content (AvgIpc) is 2.84. The molecule has 1 heterocycles. The van der Waals surface area contributed by atoms with E-state index in [1.54, 1.807) is 6.20 Å². The van der Waals surface area contributed by atoms with Gasteiger partial charge >= 0.3 is 0 Å². The molecule has 0 spiro atoms. The van der Waals surface area contributed by atoms with Crippen molar-refractivity contribution in [2.24, 2.45) is 0 Å². The van der Waals surface area contributed by atoms with E-state index in [1.807, 2.05) is 6.92 Å². The van der Waals surface area contributed by atoms with Crippen LogP contribution < -0.4 is 5.32 Å². The molecule has 0 saturated carbocycles. The third-order valence-electron chi connectivity index (χ3n) is 2.63. The first-order valence-corrected chi connectivity index (χ1v) is 5.91. The molecular weight excluding hydrogens is 254 g/mol. The molecule has 19 heavy (non-hydrogen) atoms. The van der Waals surface area contributed by atoms with Crippen molar-refractivity contribution in [1.82, 2.24) is 10.3 Å². The largest absolute Gasteiger partial charge is 0.503 e. The number of halogens is 2. The maximum absolute atomic E-state index is 13.1. The minimum absolute atomic E-state index is 0.248. The van der Waals surface area contributed by atoms with E-state index in [4.69, 9.17) is 9.52 Å². The number of oxazole rings is 1. The summed E-state index contributed by atoms with van der Waals surface area (Å²) in [7, 11) is 0. The lowest BCUT2D eigenvalue weighted by atomic mass is 10.2. The summed E-state index contributed by atoms with van der Waals surface area (Å²) in [6.45, 7) is 2.57. The Kier molecular flexibility index (Phi) is 4.11. The van der Waals surface area contributed by atoms with Crippen LogP contribution in [-0.2, 0) is 19.5 Å². The van der Waals surface area contributed by atoms with Gasteiger partial charge < -0.3 is 14.8 Å². The van der Waals surface area contributed by atoms with Crippen LogP contribution in [0.2, 0.25) is 0 Å². The molecule has 0 atom stereocenters. The second kappa shape index (κ2) is 5.79. The molecule has 1 aromatic carbocycles. The van der Waals surface area contributed by atoms with Gasteiger partial charge in [-0.05, 0) is 17.7 Å². The van der Waals surface area contributed by atoms with Gasteiger partial charge in [-0.2, -0.15) is 0 Å². The predicted octanol–water partition coefficient (Wildman–Crippen LogP) is 2.51. The van der Waals surface area contributed by atoms with Crippen molar-refractivity contribution in [1.29, 1.82) is 0 Å². The van der Waals surface area contributed by atoms with Crippen LogP contribution in [0.4, 0.5) is 8.78 Å². The SMILES string of the molecule is CCc1cnc(CNCc2cc(F)c(O)c(F)c2)o1.